The second kappa shape index (κ2) is 14.6. The van der Waals surface area contributed by atoms with E-state index in [1.165, 1.54) is 4.90 Å². The van der Waals surface area contributed by atoms with Gasteiger partial charge >= 0.3 is 0 Å². The maximum absolute atomic E-state index is 12.6. The van der Waals surface area contributed by atoms with E-state index in [1.807, 2.05) is 50.4 Å². The number of aromatic nitrogens is 2. The highest BCUT2D eigenvalue weighted by Gasteiger charge is 2.49. The largest absolute Gasteiger partial charge is 0.493 e. The number of amides is 1. The second-order valence-electron chi connectivity index (χ2n) is 11.4. The molecule has 0 aliphatic carbocycles. The predicted molar refractivity (Wildman–Crippen MR) is 169 cm³/mol. The number of halogens is 1. The summed E-state index contributed by atoms with van der Waals surface area (Å²) in [6.45, 7) is 7.03. The summed E-state index contributed by atoms with van der Waals surface area (Å²) in [5.74, 6) is 1.14. The van der Waals surface area contributed by atoms with E-state index in [-0.39, 0.29) is 18.6 Å². The van der Waals surface area contributed by atoms with E-state index in [0.29, 0.717) is 23.9 Å². The average Bonchev–Trinajstić information content (AvgIpc) is 3.38. The lowest BCUT2D eigenvalue weighted by atomic mass is 9.72. The first kappa shape index (κ1) is 33.4. The Labute approximate surface area is 266 Å². The van der Waals surface area contributed by atoms with Crippen LogP contribution >= 0.6 is 15.9 Å². The number of carbonyl (C=O) groups excluding carboxylic acids is 1. The molecule has 11 nitrogen and oxygen atoms in total. The maximum Gasteiger partial charge on any atom is 0.253 e. The molecule has 2 saturated heterocycles. The molecule has 5 rings (SSSR count). The van der Waals surface area contributed by atoms with Gasteiger partial charge in [0, 0.05) is 46.9 Å². The summed E-state index contributed by atoms with van der Waals surface area (Å²) in [6, 6.07) is 13.4. The number of hydrogen-bond acceptors (Lipinski definition) is 10. The van der Waals surface area contributed by atoms with E-state index in [0.717, 1.165) is 34.5 Å². The highest BCUT2D eigenvalue weighted by molar-refractivity contribution is 9.10. The Morgan fingerprint density at radius 3 is 2.36 bits per heavy atom. The van der Waals surface area contributed by atoms with Crippen LogP contribution in [0.1, 0.15) is 31.0 Å². The molecule has 2 aliphatic rings. The molecule has 3 aromatic rings. The van der Waals surface area contributed by atoms with Crippen molar-refractivity contribution in [2.75, 3.05) is 51.9 Å². The number of nitrogens with zero attached hydrogens (tertiary/aromatic N) is 4. The van der Waals surface area contributed by atoms with E-state index >= 15 is 0 Å². The van der Waals surface area contributed by atoms with Crippen molar-refractivity contribution in [3.63, 3.8) is 0 Å². The molecule has 0 spiro atoms. The van der Waals surface area contributed by atoms with Crippen LogP contribution in [0.3, 0.4) is 0 Å². The number of ether oxygens (including phenoxy) is 3. The Hall–Kier alpha value is -3.45. The molecule has 0 saturated carbocycles. The van der Waals surface area contributed by atoms with Gasteiger partial charge in [-0.2, -0.15) is 0 Å². The quantitative estimate of drug-likeness (QED) is 0.311. The summed E-state index contributed by atoms with van der Waals surface area (Å²) in [6.07, 6.45) is 1.38. The highest BCUT2D eigenvalue weighted by Crippen LogP contribution is 2.47. The van der Waals surface area contributed by atoms with Crippen LogP contribution in [-0.2, 0) is 4.79 Å². The summed E-state index contributed by atoms with van der Waals surface area (Å²) < 4.78 is 17.6. The number of benzene rings is 1. The zero-order valence-corrected chi connectivity index (χ0v) is 27.3. The van der Waals surface area contributed by atoms with Gasteiger partial charge in [-0.05, 0) is 65.7 Å². The third-order valence-corrected chi connectivity index (χ3v) is 8.83. The van der Waals surface area contributed by atoms with Crippen molar-refractivity contribution in [2.45, 2.75) is 45.0 Å². The molecule has 1 aromatic carbocycles. The number of pyridine rings is 2. The first-order valence-electron chi connectivity index (χ1n) is 14.4. The Bertz CT molecular complexity index is 1390. The van der Waals surface area contributed by atoms with Crippen LogP contribution in [-0.4, -0.2) is 101 Å². The molecule has 3 N–H and O–H groups in total. The molecule has 12 heteroatoms. The van der Waals surface area contributed by atoms with Crippen molar-refractivity contribution in [1.29, 1.82) is 0 Å². The average molecular weight is 674 g/mol. The first-order chi connectivity index (χ1) is 21.0. The van der Waals surface area contributed by atoms with Gasteiger partial charge in [0.2, 0.25) is 5.88 Å². The van der Waals surface area contributed by atoms with Crippen LogP contribution in [0.4, 0.5) is 5.69 Å². The van der Waals surface area contributed by atoms with Crippen LogP contribution in [0.25, 0.3) is 0 Å². The topological polar surface area (TPSA) is 138 Å². The molecule has 2 aromatic heterocycles. The molecule has 238 valence electrons. The first-order valence-corrected chi connectivity index (χ1v) is 15.2. The van der Waals surface area contributed by atoms with Gasteiger partial charge in [-0.3, -0.25) is 9.78 Å². The third-order valence-electron chi connectivity index (χ3n) is 8.36. The van der Waals surface area contributed by atoms with Gasteiger partial charge in [-0.15, -0.1) is 0 Å². The van der Waals surface area contributed by atoms with E-state index in [4.69, 9.17) is 14.2 Å². The minimum absolute atomic E-state index is 0.00930. The Kier molecular flexibility index (Phi) is 11.1. The number of hydrogen-bond donors (Lipinski definition) is 3. The van der Waals surface area contributed by atoms with Gasteiger partial charge < -0.3 is 39.3 Å². The monoisotopic (exact) mass is 672 g/mol. The number of aliphatic hydroxyl groups is 3. The zero-order valence-electron chi connectivity index (χ0n) is 25.7. The molecule has 4 heterocycles. The Morgan fingerprint density at radius 2 is 1.80 bits per heavy atom. The van der Waals surface area contributed by atoms with Crippen molar-refractivity contribution in [3.8, 4) is 17.4 Å². The van der Waals surface area contributed by atoms with Crippen molar-refractivity contribution in [3.05, 3.63) is 70.6 Å². The second-order valence-corrected chi connectivity index (χ2v) is 12.3. The van der Waals surface area contributed by atoms with Gasteiger partial charge in [0.25, 0.3) is 5.91 Å². The number of aryl methyl sites for hydroxylation is 1. The zero-order chi connectivity index (χ0) is 32.0. The molecule has 0 radical (unpaired) electrons. The molecule has 4 atom stereocenters. The van der Waals surface area contributed by atoms with Crippen molar-refractivity contribution >= 4 is 27.5 Å². The number of aliphatic hydroxyl groups excluding tert-OH is 3. The molecule has 0 bridgehead atoms. The lowest BCUT2D eigenvalue weighted by Crippen LogP contribution is -2.54. The lowest BCUT2D eigenvalue weighted by Gasteiger charge is -2.40. The van der Waals surface area contributed by atoms with Gasteiger partial charge in [-0.25, -0.2) is 4.98 Å². The maximum atomic E-state index is 12.6. The molecule has 2 fully saturated rings. The smallest absolute Gasteiger partial charge is 0.253 e. The van der Waals surface area contributed by atoms with Crippen molar-refractivity contribution in [2.24, 2.45) is 5.41 Å². The van der Waals surface area contributed by atoms with Crippen LogP contribution in [0, 0.1) is 12.3 Å². The standard InChI is InChI=1S/C26H35N3O6.C6H6BrNO/c1-16-5-7-19(10-27-16)28-11-20(12-28)35-24-9-18(6-8-23(24)34-4)21-13-29(25(33)22(32)14-30)15-26(21,3)17(2)31;1-9-6-3-2-5(7)4-8-6/h5-10,17,20-22,30-32H,11-15H2,1-4H3;2-4H,1H3/t17-,21+,22+,26+;/m1./s1. The fourth-order valence-corrected chi connectivity index (χ4v) is 5.65. The number of likely N-dealkylation sites (tertiary alicyclic amines) is 1. The van der Waals surface area contributed by atoms with Gasteiger partial charge in [-0.1, -0.05) is 13.0 Å². The van der Waals surface area contributed by atoms with Crippen LogP contribution in [0.2, 0.25) is 0 Å². The number of anilines is 1. The number of carbonyl (C=O) groups is 1. The van der Waals surface area contributed by atoms with Crippen molar-refractivity contribution < 1.29 is 34.3 Å². The van der Waals surface area contributed by atoms with E-state index in [1.54, 1.807) is 33.4 Å². The molecule has 2 aliphatic heterocycles. The normalized spacial score (nSPS) is 21.1. The Morgan fingerprint density at radius 1 is 1.05 bits per heavy atom. The van der Waals surface area contributed by atoms with E-state index in [2.05, 4.69) is 36.9 Å². The van der Waals surface area contributed by atoms with Gasteiger partial charge in [0.15, 0.2) is 17.6 Å². The molecule has 1 amide bonds. The molecular weight excluding hydrogens is 632 g/mol. The third kappa shape index (κ3) is 7.60. The minimum Gasteiger partial charge on any atom is -0.493 e. The fourth-order valence-electron chi connectivity index (χ4n) is 5.42. The van der Waals surface area contributed by atoms with Gasteiger partial charge in [0.1, 0.15) is 6.10 Å². The molecular formula is C32H41BrN4O7. The summed E-state index contributed by atoms with van der Waals surface area (Å²) in [4.78, 5) is 24.6. The number of rotatable bonds is 9. The summed E-state index contributed by atoms with van der Waals surface area (Å²) in [7, 11) is 3.19. The lowest BCUT2D eigenvalue weighted by molar-refractivity contribution is -0.141. The van der Waals surface area contributed by atoms with Crippen LogP contribution in [0.15, 0.2) is 59.3 Å². The SMILES string of the molecule is COc1ccc(Br)cn1.COc1ccc([C@@H]2CN(C(=O)[C@@H](O)CO)C[C@@]2(C)[C@@H](C)O)cc1OC1CN(c2ccc(C)nc2)C1. The predicted octanol–water partition coefficient (Wildman–Crippen LogP) is 3.19. The summed E-state index contributed by atoms with van der Waals surface area (Å²) in [5, 5.41) is 29.7. The molecule has 44 heavy (non-hydrogen) atoms. The van der Waals surface area contributed by atoms with E-state index < -0.39 is 30.1 Å². The van der Waals surface area contributed by atoms with E-state index in [9.17, 15) is 20.1 Å². The minimum atomic E-state index is -1.47. The van der Waals surface area contributed by atoms with Gasteiger partial charge in [0.05, 0.1) is 51.9 Å². The number of methoxy groups -OCH3 is 2. The molecule has 0 unspecified atom stereocenters. The highest BCUT2D eigenvalue weighted by atomic mass is 79.9. The fraction of sp³-hybridized carbons (Fsp3) is 0.469. The van der Waals surface area contributed by atoms with Crippen LogP contribution in [0.5, 0.6) is 17.4 Å². The van der Waals surface area contributed by atoms with Crippen LogP contribution < -0.4 is 19.1 Å². The van der Waals surface area contributed by atoms with Crippen molar-refractivity contribution in [1.82, 2.24) is 14.9 Å². The summed E-state index contributed by atoms with van der Waals surface area (Å²) >= 11 is 3.26. The summed E-state index contributed by atoms with van der Waals surface area (Å²) in [5.41, 5.74) is 2.31. The Balaban J connectivity index is 0.000000421.